The van der Waals surface area contributed by atoms with Gasteiger partial charge in [-0.15, -0.1) is 0 Å². The van der Waals surface area contributed by atoms with E-state index in [1.165, 1.54) is 6.92 Å². The van der Waals surface area contributed by atoms with Crippen molar-refractivity contribution < 1.29 is 99.5 Å². The highest BCUT2D eigenvalue weighted by Crippen LogP contribution is 2.32. The van der Waals surface area contributed by atoms with Crippen LogP contribution in [0.15, 0.2) is 0 Å². The third-order valence-electron chi connectivity index (χ3n) is 8.14. The molecule has 4 heterocycles. The SMILES string of the molecule is C[C@@H]1O[C@@H](O[C@@H]2[C@@H](O)[C@@H](O)O[C@H](CO)[C@@H]2O)[C@H](O)[C@H](O)[C@H]1O[C@@H]1O[C@H](CO[C@H]2O[C@H](CO)[C@H](O)[C@H](O)[C@H]2O)[C@@H](O)[C@H](O)[C@@H]1O. The summed E-state index contributed by atoms with van der Waals surface area (Å²) in [4.78, 5) is 0. The zero-order valence-corrected chi connectivity index (χ0v) is 23.3. The van der Waals surface area contributed by atoms with Gasteiger partial charge in [0.05, 0.1) is 25.9 Å². The number of rotatable bonds is 9. The average molecular weight is 651 g/mol. The quantitative estimate of drug-likeness (QED) is 0.110. The highest BCUT2D eigenvalue weighted by molar-refractivity contribution is 4.96. The van der Waals surface area contributed by atoms with Gasteiger partial charge in [0.25, 0.3) is 0 Å². The first-order valence-corrected chi connectivity index (χ1v) is 14.0. The van der Waals surface area contributed by atoms with Gasteiger partial charge in [-0.25, -0.2) is 0 Å². The van der Waals surface area contributed by atoms with E-state index in [1.807, 2.05) is 0 Å². The van der Waals surface area contributed by atoms with Crippen LogP contribution in [0, 0.1) is 0 Å². The molecule has 20 nitrogen and oxygen atoms in total. The van der Waals surface area contributed by atoms with Crippen LogP contribution in [-0.2, 0) is 33.2 Å². The zero-order valence-electron chi connectivity index (χ0n) is 23.3. The fraction of sp³-hybridized carbons (Fsp3) is 1.00. The number of aliphatic hydroxyl groups is 13. The summed E-state index contributed by atoms with van der Waals surface area (Å²) < 4.78 is 37.7. The molecule has 0 unspecified atom stereocenters. The Kier molecular flexibility index (Phi) is 12.3. The summed E-state index contributed by atoms with van der Waals surface area (Å²) in [5, 5.41) is 132. The Morgan fingerprint density at radius 3 is 1.55 bits per heavy atom. The summed E-state index contributed by atoms with van der Waals surface area (Å²) in [7, 11) is 0. The molecule has 44 heavy (non-hydrogen) atoms. The molecule has 0 radical (unpaired) electrons. The molecule has 0 spiro atoms. The largest absolute Gasteiger partial charge is 0.394 e. The van der Waals surface area contributed by atoms with Gasteiger partial charge in [-0.05, 0) is 6.92 Å². The second kappa shape index (κ2) is 15.0. The average Bonchev–Trinajstić information content (AvgIpc) is 3.00. The molecule has 258 valence electrons. The Morgan fingerprint density at radius 1 is 0.455 bits per heavy atom. The van der Waals surface area contributed by atoms with E-state index in [0.717, 1.165) is 0 Å². The van der Waals surface area contributed by atoms with Crippen LogP contribution in [0.3, 0.4) is 0 Å². The van der Waals surface area contributed by atoms with Crippen LogP contribution < -0.4 is 0 Å². The van der Waals surface area contributed by atoms with Gasteiger partial charge in [-0.3, -0.25) is 0 Å². The second-order valence-corrected chi connectivity index (χ2v) is 11.2. The standard InChI is InChI=1S/C24H42O20/c1-5-19(14(32)17(35)23(39-5)44-20-11(29)7(3-26)40-21(37)18(20)36)43-24-16(34)13(31)10(28)8(42-24)4-38-22-15(33)12(30)9(27)6(2-25)41-22/h5-37H,2-4H2,1H3/t5-,6+,7+,8+,9-,10+,11-,12-,13-,14-,15+,16-,17+,18+,19-,20-,21-,22-,23-,24-/m0/s1. The van der Waals surface area contributed by atoms with Crippen molar-refractivity contribution in [1.82, 2.24) is 0 Å². The van der Waals surface area contributed by atoms with E-state index in [2.05, 4.69) is 0 Å². The molecule has 4 rings (SSSR count). The van der Waals surface area contributed by atoms with Crippen molar-refractivity contribution in [3.8, 4) is 0 Å². The lowest BCUT2D eigenvalue weighted by Gasteiger charge is -2.47. The third kappa shape index (κ3) is 7.19. The van der Waals surface area contributed by atoms with E-state index in [4.69, 9.17) is 33.2 Å². The smallest absolute Gasteiger partial charge is 0.187 e. The molecule has 0 aromatic heterocycles. The van der Waals surface area contributed by atoms with Gasteiger partial charge in [0.2, 0.25) is 0 Å². The first-order chi connectivity index (χ1) is 20.7. The Labute approximate surface area is 249 Å². The van der Waals surface area contributed by atoms with E-state index in [0.29, 0.717) is 0 Å². The molecule has 4 fully saturated rings. The maximum absolute atomic E-state index is 10.8. The van der Waals surface area contributed by atoms with Crippen molar-refractivity contribution >= 4 is 0 Å². The van der Waals surface area contributed by atoms with Crippen molar-refractivity contribution in [3.63, 3.8) is 0 Å². The lowest BCUT2D eigenvalue weighted by molar-refractivity contribution is -0.377. The minimum absolute atomic E-state index is 0.637. The molecule has 4 aliphatic heterocycles. The van der Waals surface area contributed by atoms with E-state index < -0.39 is 143 Å². The predicted molar refractivity (Wildman–Crippen MR) is 132 cm³/mol. The van der Waals surface area contributed by atoms with Crippen LogP contribution in [0.4, 0.5) is 0 Å². The molecule has 0 saturated carbocycles. The highest BCUT2D eigenvalue weighted by Gasteiger charge is 2.53. The molecular weight excluding hydrogens is 608 g/mol. The van der Waals surface area contributed by atoms with E-state index in [-0.39, 0.29) is 0 Å². The minimum atomic E-state index is -1.91. The topological polar surface area (TPSA) is 328 Å². The molecule has 0 aromatic carbocycles. The highest BCUT2D eigenvalue weighted by atomic mass is 16.8. The van der Waals surface area contributed by atoms with Gasteiger partial charge >= 0.3 is 0 Å². The van der Waals surface area contributed by atoms with Gasteiger partial charge in [0.1, 0.15) is 91.6 Å². The van der Waals surface area contributed by atoms with Gasteiger partial charge < -0.3 is 99.5 Å². The molecular formula is C24H42O20. The second-order valence-electron chi connectivity index (χ2n) is 11.2. The molecule has 20 heteroatoms. The van der Waals surface area contributed by atoms with E-state index >= 15 is 0 Å². The van der Waals surface area contributed by atoms with Crippen LogP contribution >= 0.6 is 0 Å². The Balaban J connectivity index is 1.38. The van der Waals surface area contributed by atoms with Crippen LogP contribution in [0.1, 0.15) is 6.92 Å². The first-order valence-electron chi connectivity index (χ1n) is 14.0. The number of hydrogen-bond acceptors (Lipinski definition) is 20. The maximum Gasteiger partial charge on any atom is 0.187 e. The number of aliphatic hydroxyl groups excluding tert-OH is 13. The van der Waals surface area contributed by atoms with Gasteiger partial charge in [-0.1, -0.05) is 0 Å². The van der Waals surface area contributed by atoms with Crippen LogP contribution in [-0.4, -0.2) is 209 Å². The summed E-state index contributed by atoms with van der Waals surface area (Å²) in [5.74, 6) is 0. The van der Waals surface area contributed by atoms with Crippen molar-refractivity contribution in [2.24, 2.45) is 0 Å². The molecule has 20 atom stereocenters. The van der Waals surface area contributed by atoms with E-state index in [1.54, 1.807) is 0 Å². The van der Waals surface area contributed by atoms with Gasteiger partial charge in [0, 0.05) is 0 Å². The van der Waals surface area contributed by atoms with Gasteiger partial charge in [-0.2, -0.15) is 0 Å². The fourth-order valence-corrected chi connectivity index (χ4v) is 5.41. The summed E-state index contributed by atoms with van der Waals surface area (Å²) in [6.45, 7) is -0.746. The lowest BCUT2D eigenvalue weighted by Crippen LogP contribution is -2.66. The Bertz CT molecular complexity index is 900. The van der Waals surface area contributed by atoms with Crippen molar-refractivity contribution in [1.29, 1.82) is 0 Å². The van der Waals surface area contributed by atoms with Crippen molar-refractivity contribution in [2.75, 3.05) is 19.8 Å². The minimum Gasteiger partial charge on any atom is -0.394 e. The Morgan fingerprint density at radius 2 is 0.932 bits per heavy atom. The summed E-state index contributed by atoms with van der Waals surface area (Å²) >= 11 is 0. The van der Waals surface area contributed by atoms with Crippen molar-refractivity contribution in [3.05, 3.63) is 0 Å². The third-order valence-corrected chi connectivity index (χ3v) is 8.14. The van der Waals surface area contributed by atoms with Crippen LogP contribution in [0.2, 0.25) is 0 Å². The molecule has 0 aromatic rings. The summed E-state index contributed by atoms with van der Waals surface area (Å²) in [6.07, 6.45) is -33.3. The molecule has 0 aliphatic carbocycles. The normalized spacial score (nSPS) is 53.9. The number of ether oxygens (including phenoxy) is 7. The first kappa shape index (κ1) is 36.0. The fourth-order valence-electron chi connectivity index (χ4n) is 5.41. The van der Waals surface area contributed by atoms with Gasteiger partial charge in [0.15, 0.2) is 25.2 Å². The summed E-state index contributed by atoms with van der Waals surface area (Å²) in [6, 6.07) is 0. The van der Waals surface area contributed by atoms with E-state index in [9.17, 15) is 66.4 Å². The molecule has 4 aliphatic rings. The summed E-state index contributed by atoms with van der Waals surface area (Å²) in [5.41, 5.74) is 0. The monoisotopic (exact) mass is 650 g/mol. The number of hydrogen-bond donors (Lipinski definition) is 13. The maximum atomic E-state index is 10.8. The molecule has 0 bridgehead atoms. The van der Waals surface area contributed by atoms with Crippen molar-refractivity contribution in [2.45, 2.75) is 130 Å². The van der Waals surface area contributed by atoms with Crippen LogP contribution in [0.25, 0.3) is 0 Å². The zero-order chi connectivity index (χ0) is 32.6. The van der Waals surface area contributed by atoms with Crippen LogP contribution in [0.5, 0.6) is 0 Å². The predicted octanol–water partition coefficient (Wildman–Crippen LogP) is -8.72. The lowest BCUT2D eigenvalue weighted by atomic mass is 9.96. The molecule has 0 amide bonds. The molecule has 4 saturated heterocycles. The Hall–Kier alpha value is -0.800. The molecule has 13 N–H and O–H groups in total.